The normalized spacial score (nSPS) is 16.8. The molecule has 3 rings (SSSR count). The first-order valence-electron chi connectivity index (χ1n) is 13.6. The number of likely N-dealkylation sites (tertiary alicyclic amines) is 1. The van der Waals surface area contributed by atoms with Gasteiger partial charge in [-0.15, -0.1) is 0 Å². The number of hydrogen-bond acceptors (Lipinski definition) is 8. The summed E-state index contributed by atoms with van der Waals surface area (Å²) in [5.41, 5.74) is -5.99. The van der Waals surface area contributed by atoms with Crippen molar-refractivity contribution in [2.24, 2.45) is 11.3 Å². The molecule has 1 aliphatic rings. The van der Waals surface area contributed by atoms with Crippen LogP contribution in [0.25, 0.3) is 11.0 Å². The molecule has 1 amide bonds. The van der Waals surface area contributed by atoms with Crippen LogP contribution in [-0.2, 0) is 25.7 Å². The van der Waals surface area contributed by atoms with E-state index in [1.165, 1.54) is 12.1 Å². The number of amides is 1. The van der Waals surface area contributed by atoms with Crippen molar-refractivity contribution in [2.45, 2.75) is 97.5 Å². The first kappa shape index (κ1) is 33.2. The molecule has 0 bridgehead atoms. The molecule has 2 aromatic rings. The van der Waals surface area contributed by atoms with Crippen LogP contribution >= 0.6 is 0 Å². The van der Waals surface area contributed by atoms with E-state index in [1.807, 2.05) is 54.6 Å². The predicted molar refractivity (Wildman–Crippen MR) is 149 cm³/mol. The van der Waals surface area contributed by atoms with Gasteiger partial charge in [0.1, 0.15) is 5.60 Å². The number of alkyl halides is 3. The van der Waals surface area contributed by atoms with E-state index in [9.17, 15) is 26.4 Å². The summed E-state index contributed by atoms with van der Waals surface area (Å²) in [6.07, 6.45) is 1.73. The minimum Gasteiger partial charge on any atom is -0.444 e. The maximum absolute atomic E-state index is 13.2. The monoisotopic (exact) mass is 621 g/mol. The topological polar surface area (TPSA) is 108 Å². The van der Waals surface area contributed by atoms with Crippen LogP contribution in [0.4, 0.5) is 18.0 Å². The summed E-state index contributed by atoms with van der Waals surface area (Å²) in [6, 6.07) is 2.68. The smallest absolute Gasteiger partial charge is 0.444 e. The molecule has 1 fully saturated rings. The van der Waals surface area contributed by atoms with Crippen LogP contribution in [0.2, 0.25) is 13.1 Å². The van der Waals surface area contributed by atoms with Crippen molar-refractivity contribution in [2.75, 3.05) is 13.1 Å². The first-order valence-corrected chi connectivity index (χ1v) is 17.4. The van der Waals surface area contributed by atoms with Gasteiger partial charge in [0.15, 0.2) is 11.3 Å². The summed E-state index contributed by atoms with van der Waals surface area (Å²) < 4.78 is 85.6. The fourth-order valence-electron chi connectivity index (χ4n) is 4.70. The van der Waals surface area contributed by atoms with Crippen molar-refractivity contribution in [1.29, 1.82) is 0 Å². The van der Waals surface area contributed by atoms with E-state index in [1.54, 1.807) is 4.90 Å². The van der Waals surface area contributed by atoms with Gasteiger partial charge < -0.3 is 22.8 Å². The summed E-state index contributed by atoms with van der Waals surface area (Å²) >= 11 is 0. The number of carbonyl (C=O) groups excluding carboxylic acids is 1. The van der Waals surface area contributed by atoms with E-state index in [4.69, 9.17) is 13.7 Å². The highest BCUT2D eigenvalue weighted by Crippen LogP contribution is 2.46. The lowest BCUT2D eigenvalue weighted by Crippen LogP contribution is -2.41. The van der Waals surface area contributed by atoms with Crippen molar-refractivity contribution in [1.82, 2.24) is 10.1 Å². The predicted octanol–water partition coefficient (Wildman–Crippen LogP) is 6.99. The molecule has 0 N–H and O–H groups in total. The lowest BCUT2D eigenvalue weighted by molar-refractivity contribution is -0.0501. The molecule has 0 aliphatic carbocycles. The molecule has 9 nitrogen and oxygen atoms in total. The van der Waals surface area contributed by atoms with Crippen molar-refractivity contribution in [3.05, 3.63) is 23.4 Å². The molecule has 0 spiro atoms. The van der Waals surface area contributed by atoms with Gasteiger partial charge in [-0.05, 0) is 83.0 Å². The fraction of sp³-hybridized carbons (Fsp3) is 0.704. The lowest BCUT2D eigenvalue weighted by atomic mass is 9.83. The number of piperidine rings is 1. The minimum atomic E-state index is -5.93. The summed E-state index contributed by atoms with van der Waals surface area (Å²) in [7, 11) is -7.32. The molecule has 1 saturated heterocycles. The summed E-state index contributed by atoms with van der Waals surface area (Å²) in [5, 5.41) is 4.78. The lowest BCUT2D eigenvalue weighted by Gasteiger charge is -2.33. The zero-order valence-electron chi connectivity index (χ0n) is 24.8. The number of aryl methyl sites for hydroxylation is 1. The largest absolute Gasteiger partial charge is 0.534 e. The number of benzene rings is 1. The highest BCUT2D eigenvalue weighted by molar-refractivity contribution is 7.88. The minimum absolute atomic E-state index is 0.0819. The Kier molecular flexibility index (Phi) is 9.81. The van der Waals surface area contributed by atoms with E-state index in [0.29, 0.717) is 36.5 Å². The fourth-order valence-corrected chi connectivity index (χ4v) is 6.12. The molecule has 2 heterocycles. The zero-order valence-corrected chi connectivity index (χ0v) is 26.7. The number of carbonyl (C=O) groups is 1. The second-order valence-corrected chi connectivity index (χ2v) is 16.3. The van der Waals surface area contributed by atoms with Gasteiger partial charge in [0.25, 0.3) is 0 Å². The Hall–Kier alpha value is -2.32. The average molecular weight is 622 g/mol. The number of ether oxygens (including phenoxy) is 1. The number of halogens is 3. The molecular weight excluding hydrogens is 581 g/mol. The summed E-state index contributed by atoms with van der Waals surface area (Å²) in [5.74, 6) is -0.175. The maximum Gasteiger partial charge on any atom is 0.534 e. The molecule has 1 radical (unpaired) electrons. The van der Waals surface area contributed by atoms with Gasteiger partial charge in [0.2, 0.25) is 9.04 Å². The molecule has 1 aromatic heterocycles. The van der Waals surface area contributed by atoms with Gasteiger partial charge in [0.05, 0.1) is 17.4 Å². The Bertz CT molecular complexity index is 1320. The molecule has 1 unspecified atom stereocenters. The average Bonchev–Trinajstić information content (AvgIpc) is 3.22. The van der Waals surface area contributed by atoms with Gasteiger partial charge in [-0.3, -0.25) is 0 Å². The zero-order chi connectivity index (χ0) is 31.0. The molecule has 14 heteroatoms. The SMILES string of the molecule is C[Si](C)OC(c1c(OS(=O)(=O)C(F)(F)F)ccc2c(CCC3CCN(C(=O)OC(C)(C)C)CC3)noc12)C(C)(C)C. The standard InChI is InChI=1S/C27H40F3N2O7SSi/c1-25(2,3)23(39-41(7)8)21-20(38-40(34,35)27(28,29)30)12-10-18-19(31-37-22(18)21)11-9-17-13-15-32(16-14-17)24(33)36-26(4,5)6/h10,12,17,23H,9,11,13-16H2,1-8H3. The van der Waals surface area contributed by atoms with Gasteiger partial charge in [-0.2, -0.15) is 21.6 Å². The molecule has 0 saturated carbocycles. The number of aromatic nitrogens is 1. The van der Waals surface area contributed by atoms with Crippen LogP contribution in [-0.4, -0.2) is 57.8 Å². The van der Waals surface area contributed by atoms with Crippen LogP contribution in [0.15, 0.2) is 16.7 Å². The van der Waals surface area contributed by atoms with Crippen LogP contribution in [0.1, 0.15) is 78.2 Å². The molecular formula is C27H40F3N2O7SSi. The second-order valence-electron chi connectivity index (χ2n) is 12.7. The molecule has 41 heavy (non-hydrogen) atoms. The Balaban J connectivity index is 1.88. The maximum atomic E-state index is 13.2. The van der Waals surface area contributed by atoms with Crippen molar-refractivity contribution < 1.29 is 44.3 Å². The van der Waals surface area contributed by atoms with E-state index < -0.39 is 47.5 Å². The van der Waals surface area contributed by atoms with Crippen molar-refractivity contribution >= 4 is 36.2 Å². The van der Waals surface area contributed by atoms with Gasteiger partial charge in [-0.1, -0.05) is 25.9 Å². The number of hydrogen-bond donors (Lipinski definition) is 0. The third kappa shape index (κ3) is 8.37. The van der Waals surface area contributed by atoms with Crippen LogP contribution in [0, 0.1) is 11.3 Å². The van der Waals surface area contributed by atoms with E-state index in [0.717, 1.165) is 19.3 Å². The molecule has 1 aromatic carbocycles. The van der Waals surface area contributed by atoms with E-state index >= 15 is 0 Å². The van der Waals surface area contributed by atoms with E-state index in [2.05, 4.69) is 9.34 Å². The highest BCUT2D eigenvalue weighted by atomic mass is 32.2. The molecule has 231 valence electrons. The molecule has 1 aliphatic heterocycles. The van der Waals surface area contributed by atoms with Crippen molar-refractivity contribution in [3.63, 3.8) is 0 Å². The van der Waals surface area contributed by atoms with Crippen LogP contribution in [0.5, 0.6) is 5.75 Å². The Labute approximate surface area is 241 Å². The highest BCUT2D eigenvalue weighted by Gasteiger charge is 2.49. The number of nitrogens with zero attached hydrogens (tertiary/aromatic N) is 2. The van der Waals surface area contributed by atoms with Gasteiger partial charge in [0, 0.05) is 18.5 Å². The summed E-state index contributed by atoms with van der Waals surface area (Å²) in [4.78, 5) is 14.1. The number of fused-ring (bicyclic) bond motifs is 1. The number of rotatable bonds is 8. The Morgan fingerprint density at radius 1 is 1.12 bits per heavy atom. The van der Waals surface area contributed by atoms with E-state index in [-0.39, 0.29) is 17.2 Å². The third-order valence-corrected chi connectivity index (χ3v) is 8.33. The second kappa shape index (κ2) is 12.1. The third-order valence-electron chi connectivity index (χ3n) is 6.65. The molecule has 1 atom stereocenters. The van der Waals surface area contributed by atoms with Crippen LogP contribution in [0.3, 0.4) is 0 Å². The van der Waals surface area contributed by atoms with Gasteiger partial charge in [-0.25, -0.2) is 4.79 Å². The Morgan fingerprint density at radius 3 is 2.24 bits per heavy atom. The first-order chi connectivity index (χ1) is 18.7. The summed E-state index contributed by atoms with van der Waals surface area (Å²) in [6.45, 7) is 15.9. The van der Waals surface area contributed by atoms with Crippen LogP contribution < -0.4 is 4.18 Å². The quantitative estimate of drug-likeness (QED) is 0.176. The Morgan fingerprint density at radius 2 is 1.73 bits per heavy atom. The van der Waals surface area contributed by atoms with Gasteiger partial charge >= 0.3 is 21.7 Å². The van der Waals surface area contributed by atoms with Crippen molar-refractivity contribution in [3.8, 4) is 5.75 Å².